The van der Waals surface area contributed by atoms with Gasteiger partial charge in [-0.1, -0.05) is 32.0 Å². The fraction of sp³-hybridized carbons (Fsp3) is 0.214. The predicted octanol–water partition coefficient (Wildman–Crippen LogP) is 6.59. The first-order chi connectivity index (χ1) is 17.7. The maximum absolute atomic E-state index is 13.1. The van der Waals surface area contributed by atoms with Crippen LogP contribution in [0.4, 0.5) is 24.5 Å². The monoisotopic (exact) mass is 505 g/mol. The molecule has 0 aliphatic heterocycles. The number of nitrogens with one attached hydrogen (secondary N) is 2. The minimum Gasteiger partial charge on any atom is -0.385 e. The highest BCUT2D eigenvalue weighted by atomic mass is 19.4. The number of hydrogen-bond donors (Lipinski definition) is 2. The van der Waals surface area contributed by atoms with Gasteiger partial charge in [0, 0.05) is 53.9 Å². The SMILES string of the molecule is CC(C)c1ncc(C(=O)Nc2ccc(NCCc3ccccn3)cc2)c(-c2ccc(C(F)(F)F)cc2)n1. The number of amides is 1. The Morgan fingerprint density at radius 2 is 1.62 bits per heavy atom. The molecule has 0 aliphatic rings. The largest absolute Gasteiger partial charge is 0.416 e. The van der Waals surface area contributed by atoms with E-state index in [4.69, 9.17) is 0 Å². The van der Waals surface area contributed by atoms with E-state index in [2.05, 4.69) is 25.6 Å². The first kappa shape index (κ1) is 25.8. The molecule has 0 bridgehead atoms. The van der Waals surface area contributed by atoms with E-state index in [1.807, 2.05) is 44.2 Å². The standard InChI is InChI=1S/C28H26F3N5O/c1-18(2)26-34-17-24(25(36-26)19-6-8-20(9-7-19)28(29,30)31)27(37)35-23-12-10-22(11-13-23)33-16-14-21-5-3-4-15-32-21/h3-13,15,17-18,33H,14,16H2,1-2H3,(H,35,37). The predicted molar refractivity (Wildman–Crippen MR) is 137 cm³/mol. The molecule has 4 rings (SSSR count). The summed E-state index contributed by atoms with van der Waals surface area (Å²) in [4.78, 5) is 26.2. The smallest absolute Gasteiger partial charge is 0.385 e. The van der Waals surface area contributed by atoms with Gasteiger partial charge in [-0.15, -0.1) is 0 Å². The van der Waals surface area contributed by atoms with Crippen LogP contribution in [0, 0.1) is 0 Å². The van der Waals surface area contributed by atoms with Crippen LogP contribution in [-0.4, -0.2) is 27.4 Å². The van der Waals surface area contributed by atoms with Gasteiger partial charge in [-0.3, -0.25) is 9.78 Å². The maximum atomic E-state index is 13.1. The van der Waals surface area contributed by atoms with Crippen molar-refractivity contribution < 1.29 is 18.0 Å². The molecule has 9 heteroatoms. The number of hydrogen-bond acceptors (Lipinski definition) is 5. The first-order valence-electron chi connectivity index (χ1n) is 11.8. The molecule has 0 atom stereocenters. The highest BCUT2D eigenvalue weighted by Gasteiger charge is 2.30. The zero-order valence-electron chi connectivity index (χ0n) is 20.4. The molecule has 0 radical (unpaired) electrons. The molecule has 6 nitrogen and oxygen atoms in total. The fourth-order valence-corrected chi connectivity index (χ4v) is 3.63. The first-order valence-corrected chi connectivity index (χ1v) is 11.8. The molecule has 0 unspecified atom stereocenters. The number of benzene rings is 2. The molecule has 2 aromatic heterocycles. The lowest BCUT2D eigenvalue weighted by Gasteiger charge is -2.14. The van der Waals surface area contributed by atoms with E-state index in [1.165, 1.54) is 18.3 Å². The van der Waals surface area contributed by atoms with Gasteiger partial charge in [-0.25, -0.2) is 9.97 Å². The van der Waals surface area contributed by atoms with Crippen molar-refractivity contribution in [2.24, 2.45) is 0 Å². The number of nitrogens with zero attached hydrogens (tertiary/aromatic N) is 3. The second-order valence-corrected chi connectivity index (χ2v) is 8.75. The van der Waals surface area contributed by atoms with E-state index in [0.29, 0.717) is 23.6 Å². The third kappa shape index (κ3) is 6.69. The van der Waals surface area contributed by atoms with Crippen LogP contribution in [-0.2, 0) is 12.6 Å². The average Bonchev–Trinajstić information content (AvgIpc) is 2.89. The Hall–Kier alpha value is -4.27. The Morgan fingerprint density at radius 3 is 2.24 bits per heavy atom. The number of alkyl halides is 3. The number of aromatic nitrogens is 3. The van der Waals surface area contributed by atoms with Crippen LogP contribution >= 0.6 is 0 Å². The van der Waals surface area contributed by atoms with Gasteiger partial charge in [-0.05, 0) is 48.5 Å². The lowest BCUT2D eigenvalue weighted by atomic mass is 10.0. The second-order valence-electron chi connectivity index (χ2n) is 8.75. The van der Waals surface area contributed by atoms with Crippen LogP contribution in [0.1, 0.15) is 47.2 Å². The summed E-state index contributed by atoms with van der Waals surface area (Å²) < 4.78 is 39.1. The van der Waals surface area contributed by atoms with Gasteiger partial charge in [0.25, 0.3) is 5.91 Å². The van der Waals surface area contributed by atoms with Crippen LogP contribution in [0.5, 0.6) is 0 Å². The lowest BCUT2D eigenvalue weighted by molar-refractivity contribution is -0.137. The highest BCUT2D eigenvalue weighted by Crippen LogP contribution is 2.32. The van der Waals surface area contributed by atoms with Crippen LogP contribution in [0.2, 0.25) is 0 Å². The summed E-state index contributed by atoms with van der Waals surface area (Å²) in [5.41, 5.74) is 2.52. The molecule has 2 aromatic carbocycles. The number of pyridine rings is 1. The number of carbonyl (C=O) groups is 1. The molecule has 0 saturated carbocycles. The van der Waals surface area contributed by atoms with E-state index in [1.54, 1.807) is 18.3 Å². The molecule has 37 heavy (non-hydrogen) atoms. The summed E-state index contributed by atoms with van der Waals surface area (Å²) in [5, 5.41) is 6.14. The van der Waals surface area contributed by atoms with Crippen molar-refractivity contribution in [2.75, 3.05) is 17.2 Å². The van der Waals surface area contributed by atoms with Crippen LogP contribution < -0.4 is 10.6 Å². The minimum absolute atomic E-state index is 0.0250. The summed E-state index contributed by atoms with van der Waals surface area (Å²) >= 11 is 0. The fourth-order valence-electron chi connectivity index (χ4n) is 3.63. The van der Waals surface area contributed by atoms with Gasteiger partial charge in [-0.2, -0.15) is 13.2 Å². The summed E-state index contributed by atoms with van der Waals surface area (Å²) in [6, 6.07) is 17.6. The summed E-state index contributed by atoms with van der Waals surface area (Å²) in [6.45, 7) is 4.51. The molecular weight excluding hydrogens is 479 g/mol. The van der Waals surface area contributed by atoms with E-state index >= 15 is 0 Å². The van der Waals surface area contributed by atoms with Crippen molar-refractivity contribution in [1.29, 1.82) is 0 Å². The molecule has 0 saturated heterocycles. The van der Waals surface area contributed by atoms with Crippen molar-refractivity contribution in [2.45, 2.75) is 32.4 Å². The van der Waals surface area contributed by atoms with Crippen LogP contribution in [0.3, 0.4) is 0 Å². The normalized spacial score (nSPS) is 11.4. The molecule has 0 fully saturated rings. The number of rotatable bonds is 8. The molecular formula is C28H26F3N5O. The summed E-state index contributed by atoms with van der Waals surface area (Å²) in [6.07, 6.45) is -0.499. The number of anilines is 2. The van der Waals surface area contributed by atoms with Crippen molar-refractivity contribution >= 4 is 17.3 Å². The third-order valence-corrected chi connectivity index (χ3v) is 5.63. The molecule has 2 heterocycles. The third-order valence-electron chi connectivity index (χ3n) is 5.63. The zero-order valence-corrected chi connectivity index (χ0v) is 20.4. The van der Waals surface area contributed by atoms with Crippen LogP contribution in [0.25, 0.3) is 11.3 Å². The quantitative estimate of drug-likeness (QED) is 0.283. The van der Waals surface area contributed by atoms with E-state index in [0.717, 1.165) is 29.9 Å². The number of carbonyl (C=O) groups excluding carboxylic acids is 1. The van der Waals surface area contributed by atoms with Gasteiger partial charge < -0.3 is 10.6 Å². The molecule has 0 aliphatic carbocycles. The summed E-state index contributed by atoms with van der Waals surface area (Å²) in [5.74, 6) is 0.0108. The van der Waals surface area contributed by atoms with Gasteiger partial charge >= 0.3 is 6.18 Å². The second kappa shape index (κ2) is 11.2. The van der Waals surface area contributed by atoms with E-state index in [-0.39, 0.29) is 17.2 Å². The van der Waals surface area contributed by atoms with Crippen molar-refractivity contribution in [3.63, 3.8) is 0 Å². The molecule has 190 valence electrons. The van der Waals surface area contributed by atoms with Gasteiger partial charge in [0.15, 0.2) is 0 Å². The molecule has 0 spiro atoms. The van der Waals surface area contributed by atoms with E-state index in [9.17, 15) is 18.0 Å². The van der Waals surface area contributed by atoms with Crippen LogP contribution in [0.15, 0.2) is 79.1 Å². The Bertz CT molecular complexity index is 1340. The van der Waals surface area contributed by atoms with E-state index < -0.39 is 17.6 Å². The maximum Gasteiger partial charge on any atom is 0.416 e. The van der Waals surface area contributed by atoms with Gasteiger partial charge in [0.2, 0.25) is 0 Å². The Kier molecular flexibility index (Phi) is 7.81. The lowest BCUT2D eigenvalue weighted by Crippen LogP contribution is -2.16. The average molecular weight is 506 g/mol. The molecule has 2 N–H and O–H groups in total. The minimum atomic E-state index is -4.45. The van der Waals surface area contributed by atoms with Crippen molar-refractivity contribution in [3.05, 3.63) is 102 Å². The Morgan fingerprint density at radius 1 is 0.919 bits per heavy atom. The highest BCUT2D eigenvalue weighted by molar-refractivity contribution is 6.08. The van der Waals surface area contributed by atoms with Crippen molar-refractivity contribution in [1.82, 2.24) is 15.0 Å². The summed E-state index contributed by atoms with van der Waals surface area (Å²) in [7, 11) is 0. The van der Waals surface area contributed by atoms with Gasteiger partial charge in [0.1, 0.15) is 5.82 Å². The van der Waals surface area contributed by atoms with Gasteiger partial charge in [0.05, 0.1) is 16.8 Å². The number of halogens is 3. The Balaban J connectivity index is 1.49. The zero-order chi connectivity index (χ0) is 26.4. The van der Waals surface area contributed by atoms with Crippen molar-refractivity contribution in [3.8, 4) is 11.3 Å². The molecule has 4 aromatic rings. The Labute approximate surface area is 213 Å². The molecule has 1 amide bonds. The topological polar surface area (TPSA) is 79.8 Å².